The van der Waals surface area contributed by atoms with Gasteiger partial charge in [0.15, 0.2) is 0 Å². The fourth-order valence-corrected chi connectivity index (χ4v) is 2.13. The van der Waals surface area contributed by atoms with Gasteiger partial charge in [0, 0.05) is 11.1 Å². The Hall–Kier alpha value is -1.38. The van der Waals surface area contributed by atoms with Crippen LogP contribution in [0.15, 0.2) is 6.07 Å². The highest BCUT2D eigenvalue weighted by Gasteiger charge is 2.18. The van der Waals surface area contributed by atoms with Gasteiger partial charge in [-0.15, -0.1) is 0 Å². The normalized spacial score (nSPS) is 10.4. The molecule has 82 valence electrons. The molecule has 1 aromatic rings. The zero-order valence-electron chi connectivity index (χ0n) is 9.76. The quantitative estimate of drug-likeness (QED) is 0.562. The van der Waals surface area contributed by atoms with Crippen molar-refractivity contribution in [2.45, 2.75) is 40.5 Å². The highest BCUT2D eigenvalue weighted by Crippen LogP contribution is 2.29. The van der Waals surface area contributed by atoms with Crippen molar-refractivity contribution in [1.29, 1.82) is 0 Å². The summed E-state index contributed by atoms with van der Waals surface area (Å²) >= 11 is 0. The largest absolute Gasteiger partial charge is 0.275 e. The minimum absolute atomic E-state index is 0.275. The monoisotopic (exact) mass is 207 g/mol. The van der Waals surface area contributed by atoms with E-state index in [2.05, 4.69) is 6.92 Å². The molecule has 1 rings (SSSR count). The third-order valence-electron chi connectivity index (χ3n) is 2.77. The minimum Gasteiger partial charge on any atom is -0.258 e. The second kappa shape index (κ2) is 4.43. The average Bonchev–Trinajstić information content (AvgIpc) is 2.11. The van der Waals surface area contributed by atoms with Gasteiger partial charge in [-0.1, -0.05) is 13.3 Å². The highest BCUT2D eigenvalue weighted by atomic mass is 16.6. The Balaban J connectivity index is 3.42. The average molecular weight is 207 g/mol. The lowest BCUT2D eigenvalue weighted by Gasteiger charge is -2.11. The van der Waals surface area contributed by atoms with Crippen molar-refractivity contribution < 1.29 is 4.92 Å². The molecule has 15 heavy (non-hydrogen) atoms. The maximum absolute atomic E-state index is 10.9. The smallest absolute Gasteiger partial charge is 0.258 e. The molecule has 0 radical (unpaired) electrons. The molecule has 0 unspecified atom stereocenters. The van der Waals surface area contributed by atoms with Gasteiger partial charge in [0.05, 0.1) is 4.92 Å². The first-order valence-electron chi connectivity index (χ1n) is 5.23. The van der Waals surface area contributed by atoms with Crippen LogP contribution in [0.4, 0.5) is 5.69 Å². The van der Waals surface area contributed by atoms with Gasteiger partial charge < -0.3 is 0 Å². The first-order valence-corrected chi connectivity index (χ1v) is 5.23. The van der Waals surface area contributed by atoms with E-state index in [0.717, 1.165) is 35.1 Å². The summed E-state index contributed by atoms with van der Waals surface area (Å²) in [5.74, 6) is 0. The summed E-state index contributed by atoms with van der Waals surface area (Å²) in [5, 5.41) is 10.9. The number of benzene rings is 1. The Labute approximate surface area is 90.3 Å². The van der Waals surface area contributed by atoms with E-state index in [-0.39, 0.29) is 10.6 Å². The van der Waals surface area contributed by atoms with Gasteiger partial charge in [-0.3, -0.25) is 10.1 Å². The van der Waals surface area contributed by atoms with E-state index in [0.29, 0.717) is 0 Å². The summed E-state index contributed by atoms with van der Waals surface area (Å²) in [4.78, 5) is 10.6. The van der Waals surface area contributed by atoms with E-state index in [1.807, 2.05) is 19.9 Å². The van der Waals surface area contributed by atoms with Crippen LogP contribution in [0.1, 0.15) is 35.6 Å². The summed E-state index contributed by atoms with van der Waals surface area (Å²) in [6.45, 7) is 7.76. The summed E-state index contributed by atoms with van der Waals surface area (Å²) in [6, 6.07) is 1.91. The second-order valence-corrected chi connectivity index (χ2v) is 3.97. The Morgan fingerprint density at radius 1 is 1.27 bits per heavy atom. The van der Waals surface area contributed by atoms with Gasteiger partial charge in [-0.05, 0) is 44.4 Å². The molecule has 0 aromatic heterocycles. The minimum atomic E-state index is -0.275. The Kier molecular flexibility index (Phi) is 3.45. The topological polar surface area (TPSA) is 43.1 Å². The van der Waals surface area contributed by atoms with Crippen LogP contribution < -0.4 is 0 Å². The van der Waals surface area contributed by atoms with Crippen molar-refractivity contribution in [3.63, 3.8) is 0 Å². The maximum atomic E-state index is 10.9. The lowest BCUT2D eigenvalue weighted by Crippen LogP contribution is -2.01. The van der Waals surface area contributed by atoms with Crippen LogP contribution in [-0.2, 0) is 6.42 Å². The second-order valence-electron chi connectivity index (χ2n) is 3.97. The number of rotatable bonds is 3. The van der Waals surface area contributed by atoms with Crippen molar-refractivity contribution in [2.75, 3.05) is 0 Å². The zero-order valence-corrected chi connectivity index (χ0v) is 9.76. The summed E-state index contributed by atoms with van der Waals surface area (Å²) < 4.78 is 0. The van der Waals surface area contributed by atoms with E-state index >= 15 is 0 Å². The molecule has 0 bridgehead atoms. The predicted octanol–water partition coefficient (Wildman–Crippen LogP) is 3.47. The molecule has 0 N–H and O–H groups in total. The molecule has 0 aliphatic rings. The molecule has 0 aliphatic carbocycles. The number of nitro benzene ring substituents is 1. The Bertz CT molecular complexity index is 397. The molecule has 0 spiro atoms. The van der Waals surface area contributed by atoms with Crippen LogP contribution in [0.3, 0.4) is 0 Å². The molecule has 0 amide bonds. The van der Waals surface area contributed by atoms with Gasteiger partial charge in [0.25, 0.3) is 5.69 Å². The van der Waals surface area contributed by atoms with Crippen LogP contribution in [0.25, 0.3) is 0 Å². The van der Waals surface area contributed by atoms with Crippen molar-refractivity contribution in [2.24, 2.45) is 0 Å². The van der Waals surface area contributed by atoms with Crippen LogP contribution in [0, 0.1) is 30.9 Å². The van der Waals surface area contributed by atoms with Crippen molar-refractivity contribution in [1.82, 2.24) is 0 Å². The van der Waals surface area contributed by atoms with Crippen LogP contribution in [0.5, 0.6) is 0 Å². The molecule has 3 heteroatoms. The number of hydrogen-bond acceptors (Lipinski definition) is 2. The molecular weight excluding hydrogens is 190 g/mol. The molecule has 0 aliphatic heterocycles. The summed E-state index contributed by atoms with van der Waals surface area (Å²) in [7, 11) is 0. The Morgan fingerprint density at radius 2 is 1.87 bits per heavy atom. The number of nitro groups is 1. The van der Waals surface area contributed by atoms with Crippen LogP contribution in [-0.4, -0.2) is 4.92 Å². The number of hydrogen-bond donors (Lipinski definition) is 0. The highest BCUT2D eigenvalue weighted by molar-refractivity contribution is 5.53. The van der Waals surface area contributed by atoms with Gasteiger partial charge in [-0.25, -0.2) is 0 Å². The van der Waals surface area contributed by atoms with Crippen LogP contribution >= 0.6 is 0 Å². The van der Waals surface area contributed by atoms with Gasteiger partial charge in [-0.2, -0.15) is 0 Å². The zero-order chi connectivity index (χ0) is 11.6. The Morgan fingerprint density at radius 3 is 2.33 bits per heavy atom. The van der Waals surface area contributed by atoms with Gasteiger partial charge >= 0.3 is 0 Å². The first-order chi connectivity index (χ1) is 6.99. The fraction of sp³-hybridized carbons (Fsp3) is 0.500. The lowest BCUT2D eigenvalue weighted by molar-refractivity contribution is -0.386. The summed E-state index contributed by atoms with van der Waals surface area (Å²) in [6.07, 6.45) is 1.93. The predicted molar refractivity (Wildman–Crippen MR) is 61.3 cm³/mol. The molecule has 3 nitrogen and oxygen atoms in total. The van der Waals surface area contributed by atoms with Crippen molar-refractivity contribution >= 4 is 5.69 Å². The molecule has 0 saturated heterocycles. The molecule has 0 saturated carbocycles. The maximum Gasteiger partial charge on any atom is 0.275 e. The standard InChI is InChI=1S/C12H17NO2/c1-5-6-11-8(2)7-9(3)12(10(11)4)13(14)15/h7H,5-6H2,1-4H3. The molecule has 0 heterocycles. The molecule has 1 aromatic carbocycles. The molecular formula is C12H17NO2. The third-order valence-corrected chi connectivity index (χ3v) is 2.77. The SMILES string of the molecule is CCCc1c(C)cc(C)c([N+](=O)[O-])c1C. The van der Waals surface area contributed by atoms with Crippen molar-refractivity contribution in [3.05, 3.63) is 38.4 Å². The van der Waals surface area contributed by atoms with Crippen molar-refractivity contribution in [3.8, 4) is 0 Å². The lowest BCUT2D eigenvalue weighted by atomic mass is 9.94. The van der Waals surface area contributed by atoms with Gasteiger partial charge in [0.1, 0.15) is 0 Å². The fourth-order valence-electron chi connectivity index (χ4n) is 2.13. The number of aryl methyl sites for hydroxylation is 2. The first kappa shape index (κ1) is 11.7. The van der Waals surface area contributed by atoms with Crippen LogP contribution in [0.2, 0.25) is 0 Å². The van der Waals surface area contributed by atoms with E-state index in [1.165, 1.54) is 0 Å². The van der Waals surface area contributed by atoms with E-state index in [9.17, 15) is 10.1 Å². The molecule has 0 fully saturated rings. The molecule has 0 atom stereocenters. The van der Waals surface area contributed by atoms with E-state index in [1.54, 1.807) is 6.92 Å². The number of nitrogens with zero attached hydrogens (tertiary/aromatic N) is 1. The third kappa shape index (κ3) is 2.17. The van der Waals surface area contributed by atoms with Gasteiger partial charge in [0.2, 0.25) is 0 Å². The van der Waals surface area contributed by atoms with E-state index < -0.39 is 0 Å². The van der Waals surface area contributed by atoms with E-state index in [4.69, 9.17) is 0 Å². The summed E-state index contributed by atoms with van der Waals surface area (Å²) in [5.41, 5.74) is 4.17.